The molecule has 0 radical (unpaired) electrons. The van der Waals surface area contributed by atoms with Crippen LogP contribution in [0.3, 0.4) is 0 Å². The van der Waals surface area contributed by atoms with Crippen molar-refractivity contribution in [1.29, 1.82) is 0 Å². The first-order valence-corrected chi connectivity index (χ1v) is 11.5. The highest BCUT2D eigenvalue weighted by atomic mass is 32.2. The van der Waals surface area contributed by atoms with Crippen molar-refractivity contribution >= 4 is 17.7 Å². The molecule has 3 rings (SSSR count). The number of benzene rings is 1. The maximum atomic E-state index is 12.4. The van der Waals surface area contributed by atoms with E-state index in [1.165, 1.54) is 26.0 Å². The van der Waals surface area contributed by atoms with Crippen molar-refractivity contribution in [2.24, 2.45) is 5.41 Å². The lowest BCUT2D eigenvalue weighted by Crippen LogP contribution is -2.72. The zero-order chi connectivity index (χ0) is 23.7. The topological polar surface area (TPSA) is 92.7 Å². The number of methoxy groups -OCH3 is 2. The highest BCUT2D eigenvalue weighted by Gasteiger charge is 2.62. The third-order valence-electron chi connectivity index (χ3n) is 5.93. The SMILES string of the molecule is COC1(C)O[C@@H]2[C@H](O)[C@@H](Sc3ccccc3)O[C@H](COC(=O)C(C)(C)C)[C@H]2OC1(C)OC. The van der Waals surface area contributed by atoms with Crippen LogP contribution in [0.15, 0.2) is 35.2 Å². The molecule has 2 saturated heterocycles. The summed E-state index contributed by atoms with van der Waals surface area (Å²) in [7, 11) is 2.98. The van der Waals surface area contributed by atoms with Crippen molar-refractivity contribution in [3.8, 4) is 0 Å². The van der Waals surface area contributed by atoms with E-state index in [4.69, 9.17) is 28.4 Å². The molecule has 2 heterocycles. The third kappa shape index (κ3) is 4.99. The van der Waals surface area contributed by atoms with Crippen LogP contribution < -0.4 is 0 Å². The second-order valence-electron chi connectivity index (χ2n) is 9.28. The number of aliphatic hydroxyl groups is 1. The molecular weight excluding hydrogens is 436 g/mol. The van der Waals surface area contributed by atoms with E-state index in [2.05, 4.69) is 0 Å². The minimum Gasteiger partial charge on any atom is -0.462 e. The average Bonchev–Trinajstić information content (AvgIpc) is 2.76. The van der Waals surface area contributed by atoms with E-state index in [-0.39, 0.29) is 12.6 Å². The lowest BCUT2D eigenvalue weighted by molar-refractivity contribution is -0.470. The van der Waals surface area contributed by atoms with Crippen LogP contribution in [-0.2, 0) is 33.2 Å². The smallest absolute Gasteiger partial charge is 0.311 e. The number of hydrogen-bond donors (Lipinski definition) is 1. The van der Waals surface area contributed by atoms with Gasteiger partial charge in [-0.2, -0.15) is 0 Å². The molecule has 8 nitrogen and oxygen atoms in total. The summed E-state index contributed by atoms with van der Waals surface area (Å²) in [5.41, 5.74) is -1.33. The predicted molar refractivity (Wildman–Crippen MR) is 118 cm³/mol. The maximum absolute atomic E-state index is 12.4. The Morgan fingerprint density at radius 2 is 1.62 bits per heavy atom. The minimum atomic E-state index is -1.28. The van der Waals surface area contributed by atoms with Gasteiger partial charge in [-0.25, -0.2) is 0 Å². The molecule has 7 atom stereocenters. The largest absolute Gasteiger partial charge is 0.462 e. The Balaban J connectivity index is 1.88. The zero-order valence-electron chi connectivity index (χ0n) is 19.7. The van der Waals surface area contributed by atoms with Gasteiger partial charge in [0.25, 0.3) is 0 Å². The van der Waals surface area contributed by atoms with E-state index < -0.39 is 46.8 Å². The second-order valence-corrected chi connectivity index (χ2v) is 10.4. The predicted octanol–water partition coefficient (Wildman–Crippen LogP) is 2.96. The fourth-order valence-corrected chi connectivity index (χ4v) is 4.69. The number of hydrogen-bond acceptors (Lipinski definition) is 9. The van der Waals surface area contributed by atoms with Gasteiger partial charge in [-0.1, -0.05) is 30.0 Å². The molecule has 0 spiro atoms. The van der Waals surface area contributed by atoms with Crippen molar-refractivity contribution in [2.45, 2.75) is 80.9 Å². The number of carbonyl (C=O) groups is 1. The van der Waals surface area contributed by atoms with Crippen LogP contribution >= 0.6 is 11.8 Å². The van der Waals surface area contributed by atoms with Crippen molar-refractivity contribution in [2.75, 3.05) is 20.8 Å². The Labute approximate surface area is 193 Å². The Morgan fingerprint density at radius 1 is 1.06 bits per heavy atom. The second kappa shape index (κ2) is 9.58. The molecule has 180 valence electrons. The maximum Gasteiger partial charge on any atom is 0.311 e. The molecule has 0 aromatic heterocycles. The quantitative estimate of drug-likeness (QED) is 0.630. The number of ether oxygens (including phenoxy) is 6. The number of esters is 1. The Bertz CT molecular complexity index is 784. The summed E-state index contributed by atoms with van der Waals surface area (Å²) in [6, 6.07) is 9.60. The van der Waals surface area contributed by atoms with Gasteiger partial charge in [-0.3, -0.25) is 4.79 Å². The molecule has 2 fully saturated rings. The zero-order valence-corrected chi connectivity index (χ0v) is 20.5. The van der Waals surface area contributed by atoms with Crippen LogP contribution in [0.1, 0.15) is 34.6 Å². The molecule has 0 aliphatic carbocycles. The molecule has 1 aromatic rings. The van der Waals surface area contributed by atoms with Crippen LogP contribution in [0.4, 0.5) is 0 Å². The third-order valence-corrected chi connectivity index (χ3v) is 7.09. The van der Waals surface area contributed by atoms with Crippen molar-refractivity contribution in [1.82, 2.24) is 0 Å². The number of rotatable bonds is 6. The molecule has 2 unspecified atom stereocenters. The van der Waals surface area contributed by atoms with Gasteiger partial charge in [0.2, 0.25) is 11.6 Å². The first-order chi connectivity index (χ1) is 14.9. The Hall–Kier alpha value is -1.20. The lowest BCUT2D eigenvalue weighted by atomic mass is 9.94. The summed E-state index contributed by atoms with van der Waals surface area (Å²) in [6.07, 6.45) is -3.27. The fourth-order valence-electron chi connectivity index (χ4n) is 3.61. The summed E-state index contributed by atoms with van der Waals surface area (Å²) in [5, 5.41) is 11.2. The molecule has 1 aromatic carbocycles. The summed E-state index contributed by atoms with van der Waals surface area (Å²) >= 11 is 1.36. The summed E-state index contributed by atoms with van der Waals surface area (Å²) < 4.78 is 35.5. The van der Waals surface area contributed by atoms with Gasteiger partial charge >= 0.3 is 5.97 Å². The van der Waals surface area contributed by atoms with Crippen LogP contribution in [0.2, 0.25) is 0 Å². The summed E-state index contributed by atoms with van der Waals surface area (Å²) in [4.78, 5) is 13.3. The molecular formula is C23H34O8S. The van der Waals surface area contributed by atoms with Crippen LogP contribution in [0, 0.1) is 5.41 Å². The molecule has 0 bridgehead atoms. The van der Waals surface area contributed by atoms with Gasteiger partial charge < -0.3 is 33.5 Å². The molecule has 9 heteroatoms. The van der Waals surface area contributed by atoms with E-state index in [1.807, 2.05) is 30.3 Å². The number of aliphatic hydroxyl groups excluding tert-OH is 1. The fraction of sp³-hybridized carbons (Fsp3) is 0.696. The molecule has 1 N–H and O–H groups in total. The highest BCUT2D eigenvalue weighted by Crippen LogP contribution is 2.45. The van der Waals surface area contributed by atoms with E-state index >= 15 is 0 Å². The molecule has 0 amide bonds. The van der Waals surface area contributed by atoms with Crippen molar-refractivity contribution in [3.63, 3.8) is 0 Å². The van der Waals surface area contributed by atoms with Crippen LogP contribution in [-0.4, -0.2) is 73.3 Å². The van der Waals surface area contributed by atoms with Crippen LogP contribution in [0.25, 0.3) is 0 Å². The number of fused-ring (bicyclic) bond motifs is 1. The van der Waals surface area contributed by atoms with E-state index in [1.54, 1.807) is 34.6 Å². The molecule has 32 heavy (non-hydrogen) atoms. The Morgan fingerprint density at radius 3 is 2.16 bits per heavy atom. The monoisotopic (exact) mass is 470 g/mol. The standard InChI is InChI=1S/C23H34O8S/c1-21(2,3)20(25)28-13-15-17-18(31-23(5,27-7)22(4,26-6)30-17)16(24)19(29-15)32-14-11-9-8-10-12-14/h8-12,15-19,24H,13H2,1-7H3/t15-,16+,17-,18-,19-,22?,23?/m1/s1. The number of thioether (sulfide) groups is 1. The summed E-state index contributed by atoms with van der Waals surface area (Å²) in [5.74, 6) is -2.92. The van der Waals surface area contributed by atoms with Gasteiger partial charge in [0.05, 0.1) is 5.41 Å². The first kappa shape index (κ1) is 25.4. The minimum absolute atomic E-state index is 0.0529. The van der Waals surface area contributed by atoms with Gasteiger partial charge in [-0.05, 0) is 46.8 Å². The van der Waals surface area contributed by atoms with E-state index in [9.17, 15) is 9.90 Å². The van der Waals surface area contributed by atoms with Crippen molar-refractivity contribution in [3.05, 3.63) is 30.3 Å². The van der Waals surface area contributed by atoms with Crippen molar-refractivity contribution < 1.29 is 38.3 Å². The lowest BCUT2D eigenvalue weighted by Gasteiger charge is -2.56. The first-order valence-electron chi connectivity index (χ1n) is 10.6. The van der Waals surface area contributed by atoms with E-state index in [0.29, 0.717) is 0 Å². The van der Waals surface area contributed by atoms with E-state index in [0.717, 1.165) is 4.90 Å². The van der Waals surface area contributed by atoms with Gasteiger partial charge in [0.1, 0.15) is 36.5 Å². The van der Waals surface area contributed by atoms with Crippen LogP contribution in [0.5, 0.6) is 0 Å². The molecule has 2 aliphatic heterocycles. The highest BCUT2D eigenvalue weighted by molar-refractivity contribution is 7.99. The number of carbonyl (C=O) groups excluding carboxylic acids is 1. The average molecular weight is 471 g/mol. The normalized spacial score (nSPS) is 37.6. The van der Waals surface area contributed by atoms with Gasteiger partial charge in [0.15, 0.2) is 0 Å². The van der Waals surface area contributed by atoms with Gasteiger partial charge in [0, 0.05) is 19.1 Å². The molecule has 2 aliphatic rings. The molecule has 0 saturated carbocycles. The summed E-state index contributed by atoms with van der Waals surface area (Å²) in [6.45, 7) is 8.69. The Kier molecular flexibility index (Phi) is 7.61. The van der Waals surface area contributed by atoms with Gasteiger partial charge in [-0.15, -0.1) is 0 Å².